The number of likely N-dealkylation sites (tertiary alicyclic amines) is 1. The normalized spacial score (nSPS) is 25.5. The van der Waals surface area contributed by atoms with E-state index < -0.39 is 0 Å². The van der Waals surface area contributed by atoms with Gasteiger partial charge in [-0.3, -0.25) is 9.69 Å². The standard InChI is InChI=1S/C22H33NO5/c1-16(24)28-18-10-12-23(15-18)19-6-4-5-7-20(19)27-13-11-17-8-9-21(25-2)22(14-17)26-3/h8-9,14,18-20H,4-7,10-13,15H2,1-3H3. The van der Waals surface area contributed by atoms with Gasteiger partial charge in [-0.2, -0.15) is 0 Å². The largest absolute Gasteiger partial charge is 0.493 e. The summed E-state index contributed by atoms with van der Waals surface area (Å²) in [6, 6.07) is 6.45. The molecule has 2 fully saturated rings. The lowest BCUT2D eigenvalue weighted by molar-refractivity contribution is -0.145. The maximum absolute atomic E-state index is 11.2. The van der Waals surface area contributed by atoms with E-state index in [-0.39, 0.29) is 18.2 Å². The average molecular weight is 392 g/mol. The van der Waals surface area contributed by atoms with Gasteiger partial charge in [0.2, 0.25) is 0 Å². The lowest BCUT2D eigenvalue weighted by Crippen LogP contribution is -2.46. The molecule has 1 aliphatic carbocycles. The molecule has 0 N–H and O–H groups in total. The number of esters is 1. The van der Waals surface area contributed by atoms with E-state index in [4.69, 9.17) is 18.9 Å². The quantitative estimate of drug-likeness (QED) is 0.634. The summed E-state index contributed by atoms with van der Waals surface area (Å²) in [6.45, 7) is 4.00. The van der Waals surface area contributed by atoms with Crippen molar-refractivity contribution < 1.29 is 23.7 Å². The fraction of sp³-hybridized carbons (Fsp3) is 0.682. The van der Waals surface area contributed by atoms with E-state index >= 15 is 0 Å². The molecular weight excluding hydrogens is 358 g/mol. The molecule has 0 spiro atoms. The first-order valence-corrected chi connectivity index (χ1v) is 10.3. The van der Waals surface area contributed by atoms with Crippen LogP contribution in [0.25, 0.3) is 0 Å². The van der Waals surface area contributed by atoms with Crippen LogP contribution >= 0.6 is 0 Å². The monoisotopic (exact) mass is 391 g/mol. The zero-order chi connectivity index (χ0) is 19.9. The number of hydrogen-bond donors (Lipinski definition) is 0. The van der Waals surface area contributed by atoms with Crippen LogP contribution < -0.4 is 9.47 Å². The molecule has 1 aromatic carbocycles. The Kier molecular flexibility index (Phi) is 7.57. The van der Waals surface area contributed by atoms with Gasteiger partial charge >= 0.3 is 5.97 Å². The molecule has 1 aromatic rings. The first kappa shape index (κ1) is 20.9. The van der Waals surface area contributed by atoms with E-state index in [1.165, 1.54) is 25.3 Å². The van der Waals surface area contributed by atoms with Gasteiger partial charge in [-0.25, -0.2) is 0 Å². The molecule has 0 aromatic heterocycles. The van der Waals surface area contributed by atoms with Crippen LogP contribution in [0.5, 0.6) is 11.5 Å². The minimum Gasteiger partial charge on any atom is -0.493 e. The maximum Gasteiger partial charge on any atom is 0.302 e. The van der Waals surface area contributed by atoms with Crippen molar-refractivity contribution in [3.05, 3.63) is 23.8 Å². The fourth-order valence-corrected chi connectivity index (χ4v) is 4.44. The van der Waals surface area contributed by atoms with Crippen molar-refractivity contribution in [2.45, 2.75) is 63.7 Å². The van der Waals surface area contributed by atoms with Gasteiger partial charge < -0.3 is 18.9 Å². The van der Waals surface area contributed by atoms with E-state index in [1.54, 1.807) is 14.2 Å². The highest BCUT2D eigenvalue weighted by Gasteiger charge is 2.36. The van der Waals surface area contributed by atoms with Crippen molar-refractivity contribution in [1.82, 2.24) is 4.90 Å². The van der Waals surface area contributed by atoms with Crippen LogP contribution in [0.15, 0.2) is 18.2 Å². The molecule has 156 valence electrons. The number of ether oxygens (including phenoxy) is 4. The zero-order valence-corrected chi connectivity index (χ0v) is 17.3. The van der Waals surface area contributed by atoms with E-state index in [0.717, 1.165) is 50.3 Å². The molecule has 3 unspecified atom stereocenters. The van der Waals surface area contributed by atoms with E-state index in [1.807, 2.05) is 12.1 Å². The summed E-state index contributed by atoms with van der Waals surface area (Å²) in [4.78, 5) is 13.7. The van der Waals surface area contributed by atoms with Crippen molar-refractivity contribution in [1.29, 1.82) is 0 Å². The highest BCUT2D eigenvalue weighted by Crippen LogP contribution is 2.30. The van der Waals surface area contributed by atoms with Crippen molar-refractivity contribution in [2.75, 3.05) is 33.9 Å². The first-order chi connectivity index (χ1) is 13.6. The Morgan fingerprint density at radius 1 is 1.11 bits per heavy atom. The number of hydrogen-bond acceptors (Lipinski definition) is 6. The van der Waals surface area contributed by atoms with Gasteiger partial charge in [-0.1, -0.05) is 18.9 Å². The summed E-state index contributed by atoms with van der Waals surface area (Å²) in [5.41, 5.74) is 1.18. The molecule has 28 heavy (non-hydrogen) atoms. The molecule has 3 atom stereocenters. The molecule has 0 amide bonds. The Morgan fingerprint density at radius 2 is 1.89 bits per heavy atom. The predicted molar refractivity (Wildman–Crippen MR) is 107 cm³/mol. The highest BCUT2D eigenvalue weighted by molar-refractivity contribution is 5.66. The fourth-order valence-electron chi connectivity index (χ4n) is 4.44. The Hall–Kier alpha value is -1.79. The van der Waals surface area contributed by atoms with E-state index in [0.29, 0.717) is 12.6 Å². The van der Waals surface area contributed by atoms with Crippen LogP contribution in [-0.4, -0.2) is 63.0 Å². The van der Waals surface area contributed by atoms with Crippen molar-refractivity contribution in [3.63, 3.8) is 0 Å². The molecule has 3 rings (SSSR count). The lowest BCUT2D eigenvalue weighted by Gasteiger charge is -2.37. The van der Waals surface area contributed by atoms with Gasteiger partial charge in [0, 0.05) is 26.1 Å². The van der Waals surface area contributed by atoms with Crippen molar-refractivity contribution >= 4 is 5.97 Å². The molecule has 1 saturated carbocycles. The summed E-state index contributed by atoms with van der Waals surface area (Å²) in [7, 11) is 3.30. The maximum atomic E-state index is 11.2. The van der Waals surface area contributed by atoms with Crippen LogP contribution in [0.3, 0.4) is 0 Å². The number of carbonyl (C=O) groups is 1. The number of benzene rings is 1. The molecule has 6 nitrogen and oxygen atoms in total. The third kappa shape index (κ3) is 5.39. The molecule has 1 aliphatic heterocycles. The molecule has 2 aliphatic rings. The second-order valence-electron chi connectivity index (χ2n) is 7.72. The molecule has 6 heteroatoms. The smallest absolute Gasteiger partial charge is 0.302 e. The van der Waals surface area contributed by atoms with E-state index in [9.17, 15) is 4.79 Å². The molecule has 0 radical (unpaired) electrons. The summed E-state index contributed by atoms with van der Waals surface area (Å²) >= 11 is 0. The molecule has 1 heterocycles. The van der Waals surface area contributed by atoms with Crippen molar-refractivity contribution in [2.24, 2.45) is 0 Å². The number of nitrogens with zero attached hydrogens (tertiary/aromatic N) is 1. The third-order valence-electron chi connectivity index (χ3n) is 5.82. The number of methoxy groups -OCH3 is 2. The van der Waals surface area contributed by atoms with E-state index in [2.05, 4.69) is 11.0 Å². The number of rotatable bonds is 8. The van der Waals surface area contributed by atoms with Gasteiger partial charge in [-0.05, 0) is 43.4 Å². The third-order valence-corrected chi connectivity index (χ3v) is 5.82. The van der Waals surface area contributed by atoms with Gasteiger partial charge in [-0.15, -0.1) is 0 Å². The Morgan fingerprint density at radius 3 is 2.64 bits per heavy atom. The summed E-state index contributed by atoms with van der Waals surface area (Å²) in [6.07, 6.45) is 6.79. The molecular formula is C22H33NO5. The first-order valence-electron chi connectivity index (χ1n) is 10.3. The Labute approximate surface area is 168 Å². The SMILES string of the molecule is COc1ccc(CCOC2CCCCC2N2CCC(OC(C)=O)C2)cc1OC. The van der Waals surface area contributed by atoms with Gasteiger partial charge in [0.15, 0.2) is 11.5 Å². The second kappa shape index (κ2) is 10.1. The lowest BCUT2D eigenvalue weighted by atomic mass is 9.91. The summed E-state index contributed by atoms with van der Waals surface area (Å²) in [5, 5.41) is 0. The average Bonchev–Trinajstić information content (AvgIpc) is 3.15. The predicted octanol–water partition coefficient (Wildman–Crippen LogP) is 3.21. The van der Waals surface area contributed by atoms with Gasteiger partial charge in [0.25, 0.3) is 0 Å². The van der Waals surface area contributed by atoms with Crippen molar-refractivity contribution in [3.8, 4) is 11.5 Å². The zero-order valence-electron chi connectivity index (χ0n) is 17.3. The van der Waals surface area contributed by atoms with Crippen LogP contribution in [-0.2, 0) is 20.7 Å². The van der Waals surface area contributed by atoms with Crippen LogP contribution in [0.2, 0.25) is 0 Å². The topological polar surface area (TPSA) is 57.2 Å². The van der Waals surface area contributed by atoms with Gasteiger partial charge in [0.1, 0.15) is 6.10 Å². The Bertz CT molecular complexity index is 650. The van der Waals surface area contributed by atoms with Crippen LogP contribution in [0.1, 0.15) is 44.6 Å². The van der Waals surface area contributed by atoms with Gasteiger partial charge in [0.05, 0.1) is 26.9 Å². The highest BCUT2D eigenvalue weighted by atomic mass is 16.5. The second-order valence-corrected chi connectivity index (χ2v) is 7.72. The van der Waals surface area contributed by atoms with Crippen LogP contribution in [0, 0.1) is 0 Å². The van der Waals surface area contributed by atoms with Crippen LogP contribution in [0.4, 0.5) is 0 Å². The minimum absolute atomic E-state index is 0.0341. The number of carbonyl (C=O) groups excluding carboxylic acids is 1. The molecule has 1 saturated heterocycles. The summed E-state index contributed by atoms with van der Waals surface area (Å²) in [5.74, 6) is 1.32. The Balaban J connectivity index is 1.52. The summed E-state index contributed by atoms with van der Waals surface area (Å²) < 4.78 is 22.4. The minimum atomic E-state index is -0.182. The molecule has 0 bridgehead atoms.